The number of nitrogens with zero attached hydrogens (tertiary/aromatic N) is 2. The fraction of sp³-hybridized carbons (Fsp3) is 0.172. The van der Waals surface area contributed by atoms with Gasteiger partial charge in [-0.05, 0) is 127 Å². The Bertz CT molecular complexity index is 3430. The monoisotopic (exact) mass is 812 g/mol. The fourth-order valence-electron chi connectivity index (χ4n) is 12.9. The first kappa shape index (κ1) is 35.3. The summed E-state index contributed by atoms with van der Waals surface area (Å²) in [7, 11) is 0. The largest absolute Gasteiger partial charge is 0.375 e. The summed E-state index contributed by atoms with van der Waals surface area (Å²) in [6, 6.07) is 61.4. The van der Waals surface area contributed by atoms with Gasteiger partial charge in [-0.25, -0.2) is 0 Å². The Balaban J connectivity index is 1.15. The van der Waals surface area contributed by atoms with E-state index >= 15 is 0 Å². The van der Waals surface area contributed by atoms with Crippen LogP contribution >= 0.6 is 11.3 Å². The first-order valence-corrected chi connectivity index (χ1v) is 23.2. The number of para-hydroxylation sites is 2. The quantitative estimate of drug-likeness (QED) is 0.152. The van der Waals surface area contributed by atoms with Gasteiger partial charge in [0.15, 0.2) is 0 Å². The van der Waals surface area contributed by atoms with Crippen molar-refractivity contribution in [1.82, 2.24) is 0 Å². The van der Waals surface area contributed by atoms with Gasteiger partial charge >= 0.3 is 6.85 Å². The van der Waals surface area contributed by atoms with E-state index in [1.165, 1.54) is 134 Å². The first-order chi connectivity index (χ1) is 30.2. The van der Waals surface area contributed by atoms with E-state index in [1.807, 2.05) is 11.3 Å². The topological polar surface area (TPSA) is 6.48 Å². The van der Waals surface area contributed by atoms with Crippen LogP contribution in [0.1, 0.15) is 79.5 Å². The minimum absolute atomic E-state index is 0.0674. The molecule has 0 radical (unpaired) electrons. The molecule has 0 fully saturated rings. The van der Waals surface area contributed by atoms with Crippen LogP contribution in [0.3, 0.4) is 0 Å². The average molecular weight is 813 g/mol. The van der Waals surface area contributed by atoms with E-state index in [9.17, 15) is 0 Å². The molecule has 0 saturated heterocycles. The summed E-state index contributed by atoms with van der Waals surface area (Å²) >= 11 is 1.96. The average Bonchev–Trinajstić information content (AvgIpc) is 3.82. The summed E-state index contributed by atoms with van der Waals surface area (Å²) < 4.78 is 2.70. The molecule has 2 nitrogen and oxygen atoms in total. The molecule has 62 heavy (non-hydrogen) atoms. The second kappa shape index (κ2) is 11.8. The maximum Gasteiger partial charge on any atom is 0.333 e. The summed E-state index contributed by atoms with van der Waals surface area (Å²) in [6.07, 6.45) is 2.37. The number of hydrogen-bond donors (Lipinski definition) is 0. The van der Waals surface area contributed by atoms with Gasteiger partial charge in [0.05, 0.1) is 21.5 Å². The lowest BCUT2D eigenvalue weighted by molar-refractivity contribution is 0.332. The Morgan fingerprint density at radius 3 is 1.97 bits per heavy atom. The number of fused-ring (bicyclic) bond motifs is 18. The molecule has 14 rings (SSSR count). The van der Waals surface area contributed by atoms with Crippen molar-refractivity contribution in [3.05, 3.63) is 197 Å². The standard InChI is InChI=1S/C58H45BN2S/c1-34-31-41-39-26-27-40-38-17-8-13-24-51(38)62-55(40)53(39)61(35-25-28-44-47(33-35)57(4,5)30-29-56(44,2)3)59-48-22-14-21-46-54(48)60(50(32-34)52(41)59)49-23-12-11-20-45(49)58(46)42-18-9-6-15-36(42)37-16-7-10-19-43(37)58/h6-28,31-33H,29-30H2,1-5H3. The SMILES string of the molecule is Cc1cc2c3c(c1)N1c4ccccc4C4(c5ccccc5-c5ccccc54)c4cccc(c41)B3N(c1ccc3c(c1)C(C)(C)CCC3(C)C)c1c-2ccc2c1sc1ccccc12. The summed E-state index contributed by atoms with van der Waals surface area (Å²) in [5.41, 5.74) is 24.0. The van der Waals surface area contributed by atoms with Crippen LogP contribution < -0.4 is 20.6 Å². The van der Waals surface area contributed by atoms with Crippen molar-refractivity contribution in [3.63, 3.8) is 0 Å². The molecule has 0 amide bonds. The molecule has 2 aliphatic carbocycles. The van der Waals surface area contributed by atoms with E-state index < -0.39 is 5.41 Å². The summed E-state index contributed by atoms with van der Waals surface area (Å²) in [6.45, 7) is 12.1. The van der Waals surface area contributed by atoms with Gasteiger partial charge in [-0.3, -0.25) is 0 Å². The highest BCUT2D eigenvalue weighted by Gasteiger charge is 2.56. The van der Waals surface area contributed by atoms with Crippen molar-refractivity contribution in [2.24, 2.45) is 0 Å². The molecule has 4 heteroatoms. The highest BCUT2D eigenvalue weighted by atomic mass is 32.1. The van der Waals surface area contributed by atoms with E-state index in [1.54, 1.807) is 0 Å². The molecule has 3 aliphatic heterocycles. The minimum Gasteiger partial charge on any atom is -0.375 e. The molecule has 0 saturated carbocycles. The molecule has 8 aromatic carbocycles. The van der Waals surface area contributed by atoms with Crippen LogP contribution in [0.5, 0.6) is 0 Å². The van der Waals surface area contributed by atoms with Crippen molar-refractivity contribution < 1.29 is 0 Å². The van der Waals surface area contributed by atoms with Gasteiger partial charge in [0, 0.05) is 38.1 Å². The zero-order valence-electron chi connectivity index (χ0n) is 35.8. The van der Waals surface area contributed by atoms with E-state index in [0.29, 0.717) is 0 Å². The molecule has 9 aromatic rings. The van der Waals surface area contributed by atoms with Gasteiger partial charge in [-0.1, -0.05) is 155 Å². The highest BCUT2D eigenvalue weighted by Crippen LogP contribution is 2.64. The number of hydrogen-bond acceptors (Lipinski definition) is 3. The number of thiophene rings is 1. The van der Waals surface area contributed by atoms with Crippen LogP contribution in [-0.2, 0) is 16.2 Å². The van der Waals surface area contributed by atoms with Gasteiger partial charge in [-0.15, -0.1) is 11.3 Å². The Labute approximate surface area is 368 Å². The second-order valence-corrected chi connectivity index (χ2v) is 20.9. The zero-order chi connectivity index (χ0) is 41.4. The van der Waals surface area contributed by atoms with Crippen LogP contribution in [0.25, 0.3) is 42.4 Å². The van der Waals surface area contributed by atoms with Crippen LogP contribution in [-0.4, -0.2) is 6.85 Å². The maximum atomic E-state index is 2.79. The van der Waals surface area contributed by atoms with Crippen LogP contribution in [0, 0.1) is 6.92 Å². The molecular formula is C58H45BN2S. The van der Waals surface area contributed by atoms with E-state index in [4.69, 9.17) is 0 Å². The van der Waals surface area contributed by atoms with Crippen LogP contribution in [0.2, 0.25) is 0 Å². The van der Waals surface area contributed by atoms with Gasteiger partial charge in [0.2, 0.25) is 0 Å². The number of aryl methyl sites for hydroxylation is 1. The smallest absolute Gasteiger partial charge is 0.333 e. The Hall–Kier alpha value is -6.36. The van der Waals surface area contributed by atoms with Gasteiger partial charge in [-0.2, -0.15) is 0 Å². The summed E-state index contributed by atoms with van der Waals surface area (Å²) in [5, 5.41) is 2.67. The second-order valence-electron chi connectivity index (χ2n) is 19.9. The van der Waals surface area contributed by atoms with E-state index in [-0.39, 0.29) is 17.7 Å². The molecule has 1 spiro atoms. The molecule has 0 bridgehead atoms. The maximum absolute atomic E-state index is 2.79. The molecule has 0 atom stereocenters. The first-order valence-electron chi connectivity index (χ1n) is 22.4. The molecular weight excluding hydrogens is 768 g/mol. The zero-order valence-corrected chi connectivity index (χ0v) is 36.6. The summed E-state index contributed by atoms with van der Waals surface area (Å²) in [4.78, 5) is 5.46. The lowest BCUT2D eigenvalue weighted by Gasteiger charge is -2.51. The number of rotatable bonds is 1. The Morgan fingerprint density at radius 1 is 0.500 bits per heavy atom. The van der Waals surface area contributed by atoms with Gasteiger partial charge in [0.25, 0.3) is 0 Å². The van der Waals surface area contributed by atoms with Crippen LogP contribution in [0.15, 0.2) is 158 Å². The normalized spacial score (nSPS) is 17.3. The van der Waals surface area contributed by atoms with E-state index in [2.05, 4.69) is 202 Å². The van der Waals surface area contributed by atoms with Crippen molar-refractivity contribution in [2.45, 2.75) is 63.7 Å². The lowest BCUT2D eigenvalue weighted by Crippen LogP contribution is -2.62. The minimum atomic E-state index is -0.479. The Morgan fingerprint density at radius 2 is 1.18 bits per heavy atom. The molecule has 0 N–H and O–H groups in total. The predicted molar refractivity (Wildman–Crippen MR) is 264 cm³/mol. The predicted octanol–water partition coefficient (Wildman–Crippen LogP) is 14.1. The third kappa shape index (κ3) is 4.18. The summed E-state index contributed by atoms with van der Waals surface area (Å²) in [5.74, 6) is 0. The Kier molecular flexibility index (Phi) is 6.69. The fourth-order valence-corrected chi connectivity index (χ4v) is 14.2. The molecule has 5 aliphatic rings. The number of anilines is 5. The van der Waals surface area contributed by atoms with E-state index in [0.717, 1.165) is 0 Å². The number of benzene rings is 8. The van der Waals surface area contributed by atoms with Crippen molar-refractivity contribution in [3.8, 4) is 22.3 Å². The van der Waals surface area contributed by atoms with Crippen molar-refractivity contribution in [1.29, 1.82) is 0 Å². The third-order valence-corrected chi connectivity index (χ3v) is 16.9. The van der Waals surface area contributed by atoms with Crippen molar-refractivity contribution in [2.75, 3.05) is 9.71 Å². The third-order valence-electron chi connectivity index (χ3n) is 15.7. The highest BCUT2D eigenvalue weighted by molar-refractivity contribution is 7.26. The molecule has 0 unspecified atom stereocenters. The van der Waals surface area contributed by atoms with Crippen molar-refractivity contribution >= 4 is 77.7 Å². The van der Waals surface area contributed by atoms with Gasteiger partial charge in [0.1, 0.15) is 0 Å². The van der Waals surface area contributed by atoms with Crippen LogP contribution in [0.4, 0.5) is 28.4 Å². The van der Waals surface area contributed by atoms with Gasteiger partial charge < -0.3 is 9.71 Å². The molecule has 296 valence electrons. The molecule has 1 aromatic heterocycles. The lowest BCUT2D eigenvalue weighted by atomic mass is 9.42. The molecule has 4 heterocycles.